The molecule has 1 amide bonds. The average Bonchev–Trinajstić information content (AvgIpc) is 3.50. The lowest BCUT2D eigenvalue weighted by Gasteiger charge is -2.10. The number of anilines is 1. The highest BCUT2D eigenvalue weighted by Crippen LogP contribution is 2.39. The van der Waals surface area contributed by atoms with Crippen LogP contribution in [0.3, 0.4) is 0 Å². The molecule has 4 rings (SSSR count). The topological polar surface area (TPSA) is 125 Å². The number of benzene rings is 1. The van der Waals surface area contributed by atoms with Crippen LogP contribution in [0.1, 0.15) is 44.5 Å². The minimum atomic E-state index is -0.694. The number of thiophene rings is 1. The highest BCUT2D eigenvalue weighted by Gasteiger charge is 2.28. The number of tetrazole rings is 1. The summed E-state index contributed by atoms with van der Waals surface area (Å²) in [6, 6.07) is 6.61. The Morgan fingerprint density at radius 2 is 2.00 bits per heavy atom. The molecular formula is C20H19N5O5S. The van der Waals surface area contributed by atoms with Gasteiger partial charge >= 0.3 is 11.9 Å². The van der Waals surface area contributed by atoms with Crippen molar-refractivity contribution < 1.29 is 23.9 Å². The number of nitrogens with one attached hydrogen (secondary N) is 1. The van der Waals surface area contributed by atoms with Gasteiger partial charge in [0, 0.05) is 4.88 Å². The number of nitrogens with zero attached hydrogens (tertiary/aromatic N) is 4. The fourth-order valence-electron chi connectivity index (χ4n) is 3.40. The van der Waals surface area contributed by atoms with Gasteiger partial charge in [-0.2, -0.15) is 4.68 Å². The maximum Gasteiger partial charge on any atom is 0.341 e. The van der Waals surface area contributed by atoms with Gasteiger partial charge in [0.2, 0.25) is 0 Å². The maximum absolute atomic E-state index is 12.5. The van der Waals surface area contributed by atoms with E-state index < -0.39 is 24.5 Å². The van der Waals surface area contributed by atoms with E-state index in [0.717, 1.165) is 29.7 Å². The number of aryl methyl sites for hydroxylation is 1. The molecule has 0 spiro atoms. The second kappa shape index (κ2) is 9.04. The standard InChI is InChI=1S/C20H19N5O5S/c1-2-29-20(28)17-13-7-5-9-15(13)31-18(17)22-16(26)10-30-19(27)12-6-3-4-8-14(12)25-11-21-23-24-25/h3-4,6,8,11H,2,5,7,9-10H2,1H3,(H,22,26). The molecule has 0 bridgehead atoms. The third kappa shape index (κ3) is 4.31. The number of ether oxygens (including phenoxy) is 2. The van der Waals surface area contributed by atoms with Crippen LogP contribution in [0.2, 0.25) is 0 Å². The highest BCUT2D eigenvalue weighted by molar-refractivity contribution is 7.17. The first kappa shape index (κ1) is 20.7. The molecule has 2 aromatic heterocycles. The van der Waals surface area contributed by atoms with E-state index in [4.69, 9.17) is 9.47 Å². The van der Waals surface area contributed by atoms with E-state index in [-0.39, 0.29) is 12.2 Å². The normalized spacial score (nSPS) is 12.3. The molecule has 31 heavy (non-hydrogen) atoms. The van der Waals surface area contributed by atoms with E-state index in [1.54, 1.807) is 31.2 Å². The molecule has 1 N–H and O–H groups in total. The van der Waals surface area contributed by atoms with Gasteiger partial charge in [-0.3, -0.25) is 4.79 Å². The Balaban J connectivity index is 1.44. The largest absolute Gasteiger partial charge is 0.462 e. The van der Waals surface area contributed by atoms with Crippen molar-refractivity contribution in [2.45, 2.75) is 26.2 Å². The second-order valence-electron chi connectivity index (χ2n) is 6.68. The molecule has 2 heterocycles. The van der Waals surface area contributed by atoms with Crippen molar-refractivity contribution in [1.29, 1.82) is 0 Å². The summed E-state index contributed by atoms with van der Waals surface area (Å²) in [5.41, 5.74) is 1.98. The number of hydrogen-bond acceptors (Lipinski definition) is 9. The number of amides is 1. The Morgan fingerprint density at radius 1 is 1.16 bits per heavy atom. The van der Waals surface area contributed by atoms with Gasteiger partial charge in [0.25, 0.3) is 5.91 Å². The quantitative estimate of drug-likeness (QED) is 0.553. The molecule has 160 valence electrons. The summed E-state index contributed by atoms with van der Waals surface area (Å²) in [7, 11) is 0. The van der Waals surface area contributed by atoms with E-state index in [1.165, 1.54) is 22.3 Å². The van der Waals surface area contributed by atoms with Gasteiger partial charge in [-0.25, -0.2) is 9.59 Å². The summed E-state index contributed by atoms with van der Waals surface area (Å²) >= 11 is 1.36. The zero-order valence-corrected chi connectivity index (χ0v) is 17.5. The van der Waals surface area contributed by atoms with Gasteiger partial charge in [-0.1, -0.05) is 12.1 Å². The summed E-state index contributed by atoms with van der Waals surface area (Å²) < 4.78 is 11.7. The van der Waals surface area contributed by atoms with Crippen molar-refractivity contribution in [1.82, 2.24) is 20.2 Å². The van der Waals surface area contributed by atoms with Crippen LogP contribution in [0.4, 0.5) is 5.00 Å². The van der Waals surface area contributed by atoms with Crippen molar-refractivity contribution in [3.63, 3.8) is 0 Å². The minimum Gasteiger partial charge on any atom is -0.462 e. The van der Waals surface area contributed by atoms with Gasteiger partial charge in [0.15, 0.2) is 6.61 Å². The zero-order chi connectivity index (χ0) is 21.8. The van der Waals surface area contributed by atoms with Gasteiger partial charge < -0.3 is 14.8 Å². The van der Waals surface area contributed by atoms with E-state index in [9.17, 15) is 14.4 Å². The van der Waals surface area contributed by atoms with Crippen molar-refractivity contribution in [3.05, 3.63) is 52.2 Å². The average molecular weight is 441 g/mol. The molecule has 0 unspecified atom stereocenters. The highest BCUT2D eigenvalue weighted by atomic mass is 32.1. The van der Waals surface area contributed by atoms with E-state index >= 15 is 0 Å². The molecule has 1 aliphatic rings. The number of carbonyl (C=O) groups is 3. The number of esters is 2. The monoisotopic (exact) mass is 441 g/mol. The Labute approximate surface area is 181 Å². The van der Waals surface area contributed by atoms with Crippen LogP contribution in [0.15, 0.2) is 30.6 Å². The fourth-order valence-corrected chi connectivity index (χ4v) is 4.69. The smallest absolute Gasteiger partial charge is 0.341 e. The van der Waals surface area contributed by atoms with Crippen LogP contribution in [0.25, 0.3) is 5.69 Å². The van der Waals surface area contributed by atoms with E-state index in [1.807, 2.05) is 0 Å². The van der Waals surface area contributed by atoms with E-state index in [0.29, 0.717) is 16.3 Å². The second-order valence-corrected chi connectivity index (χ2v) is 7.78. The van der Waals surface area contributed by atoms with Crippen molar-refractivity contribution in [3.8, 4) is 5.69 Å². The molecule has 0 saturated carbocycles. The summed E-state index contributed by atoms with van der Waals surface area (Å²) in [5.74, 6) is -1.69. The fraction of sp³-hybridized carbons (Fsp3) is 0.300. The lowest BCUT2D eigenvalue weighted by Crippen LogP contribution is -2.22. The predicted octanol–water partition coefficient (Wildman–Crippen LogP) is 2.18. The lowest BCUT2D eigenvalue weighted by molar-refractivity contribution is -0.119. The molecule has 3 aromatic rings. The number of hydrogen-bond donors (Lipinski definition) is 1. The first-order valence-corrected chi connectivity index (χ1v) is 10.5. The third-order valence-corrected chi connectivity index (χ3v) is 5.92. The summed E-state index contributed by atoms with van der Waals surface area (Å²) in [4.78, 5) is 38.5. The first-order valence-electron chi connectivity index (χ1n) is 9.69. The van der Waals surface area contributed by atoms with Crippen LogP contribution < -0.4 is 5.32 Å². The van der Waals surface area contributed by atoms with Crippen molar-refractivity contribution >= 4 is 34.2 Å². The molecule has 0 saturated heterocycles. The van der Waals surface area contributed by atoms with Crippen molar-refractivity contribution in [2.24, 2.45) is 0 Å². The summed E-state index contributed by atoms with van der Waals surface area (Å²) in [6.07, 6.45) is 3.97. The summed E-state index contributed by atoms with van der Waals surface area (Å²) in [6.45, 7) is 1.47. The molecular weight excluding hydrogens is 422 g/mol. The molecule has 0 fully saturated rings. The van der Waals surface area contributed by atoms with Gasteiger partial charge in [-0.15, -0.1) is 16.4 Å². The lowest BCUT2D eigenvalue weighted by atomic mass is 10.1. The maximum atomic E-state index is 12.5. The number of rotatable bonds is 7. The summed E-state index contributed by atoms with van der Waals surface area (Å²) in [5, 5.41) is 14.0. The van der Waals surface area contributed by atoms with Crippen LogP contribution >= 0.6 is 11.3 Å². The number of carbonyl (C=O) groups excluding carboxylic acids is 3. The predicted molar refractivity (Wildman–Crippen MR) is 110 cm³/mol. The first-order chi connectivity index (χ1) is 15.1. The number of para-hydroxylation sites is 1. The van der Waals surface area contributed by atoms with Crippen LogP contribution in [0.5, 0.6) is 0 Å². The van der Waals surface area contributed by atoms with Gasteiger partial charge in [-0.05, 0) is 54.3 Å². The van der Waals surface area contributed by atoms with Crippen molar-refractivity contribution in [2.75, 3.05) is 18.5 Å². The zero-order valence-electron chi connectivity index (χ0n) is 16.7. The Hall–Kier alpha value is -3.60. The van der Waals surface area contributed by atoms with Crippen LogP contribution in [0, 0.1) is 0 Å². The number of fused-ring (bicyclic) bond motifs is 1. The molecule has 0 aliphatic heterocycles. The Bertz CT molecular complexity index is 1130. The molecule has 0 atom stereocenters. The SMILES string of the molecule is CCOC(=O)c1c(NC(=O)COC(=O)c2ccccc2-n2cnnn2)sc2c1CCC2. The third-order valence-electron chi connectivity index (χ3n) is 4.71. The minimum absolute atomic E-state index is 0.213. The van der Waals surface area contributed by atoms with Crippen LogP contribution in [-0.2, 0) is 27.1 Å². The van der Waals surface area contributed by atoms with Gasteiger partial charge in [0.1, 0.15) is 11.3 Å². The van der Waals surface area contributed by atoms with E-state index in [2.05, 4.69) is 20.8 Å². The molecule has 1 aliphatic carbocycles. The van der Waals surface area contributed by atoms with Gasteiger partial charge in [0.05, 0.1) is 23.4 Å². The Kier molecular flexibility index (Phi) is 6.03. The molecule has 0 radical (unpaired) electrons. The van der Waals surface area contributed by atoms with Crippen LogP contribution in [-0.4, -0.2) is 51.3 Å². The molecule has 1 aromatic carbocycles. The Morgan fingerprint density at radius 3 is 2.77 bits per heavy atom. The molecule has 10 nitrogen and oxygen atoms in total. The molecule has 11 heteroatoms. The number of aromatic nitrogens is 4.